The lowest BCUT2D eigenvalue weighted by molar-refractivity contribution is -0.143. The van der Waals surface area contributed by atoms with Crippen LogP contribution in [0.2, 0.25) is 0 Å². The normalized spacial score (nSPS) is 21.0. The van der Waals surface area contributed by atoms with E-state index in [-0.39, 0.29) is 12.0 Å². The van der Waals surface area contributed by atoms with E-state index in [0.29, 0.717) is 45.8 Å². The van der Waals surface area contributed by atoms with Crippen LogP contribution >= 0.6 is 22.6 Å². The van der Waals surface area contributed by atoms with E-state index in [0.717, 1.165) is 89.0 Å². The number of anilines is 1. The molecular formula is C32H43FIN3O5. The zero-order chi connectivity index (χ0) is 29.5. The number of fused-ring (bicyclic) bond motifs is 1. The highest BCUT2D eigenvalue weighted by Crippen LogP contribution is 2.35. The van der Waals surface area contributed by atoms with Gasteiger partial charge in [0.1, 0.15) is 23.8 Å². The molecule has 10 heteroatoms. The predicted octanol–water partition coefficient (Wildman–Crippen LogP) is 5.95. The van der Waals surface area contributed by atoms with Gasteiger partial charge >= 0.3 is 5.97 Å². The van der Waals surface area contributed by atoms with Gasteiger partial charge in [0.25, 0.3) is 0 Å². The monoisotopic (exact) mass is 695 g/mol. The number of nitrogens with one attached hydrogen (secondary N) is 1. The second-order valence-electron chi connectivity index (χ2n) is 11.7. The Morgan fingerprint density at radius 1 is 1.26 bits per heavy atom. The van der Waals surface area contributed by atoms with Crippen LogP contribution in [-0.4, -0.2) is 73.2 Å². The van der Waals surface area contributed by atoms with Crippen LogP contribution in [0, 0.1) is 9.49 Å². The number of pyridine rings is 1. The van der Waals surface area contributed by atoms with Gasteiger partial charge in [0.15, 0.2) is 0 Å². The third kappa shape index (κ3) is 7.92. The number of aryl methyl sites for hydroxylation is 1. The van der Waals surface area contributed by atoms with Crippen molar-refractivity contribution in [3.8, 4) is 5.75 Å². The standard InChI is InChI=1S/C32H43FIN3O5/c1-40-29-18-24(36-31-26(29)6-4-13-35-31)5-2-3-7-28(33)21-10-14-37(19-21)30(32(38)39)27-17-23(34)9-8-22(27)20-42-25-11-15-41-16-12-25/h8-9,17-18,21,25,28,30H,2-7,10-16,19-20H2,1H3,(H,35,36)(H,38,39)/t21?,28-,30+/m1/s1. The van der Waals surface area contributed by atoms with Crippen molar-refractivity contribution in [1.82, 2.24) is 9.88 Å². The smallest absolute Gasteiger partial charge is 0.325 e. The molecule has 42 heavy (non-hydrogen) atoms. The van der Waals surface area contributed by atoms with Crippen LogP contribution in [0.3, 0.4) is 0 Å². The number of aromatic nitrogens is 1. The number of aliphatic carboxylic acids is 1. The molecule has 0 saturated carbocycles. The number of methoxy groups -OCH3 is 1. The second kappa shape index (κ2) is 15.1. The maximum absolute atomic E-state index is 15.4. The number of ether oxygens (including phenoxy) is 3. The number of hydrogen-bond acceptors (Lipinski definition) is 7. The fourth-order valence-corrected chi connectivity index (χ4v) is 7.00. The topological polar surface area (TPSA) is 93.2 Å². The predicted molar refractivity (Wildman–Crippen MR) is 168 cm³/mol. The maximum atomic E-state index is 15.4. The molecular weight excluding hydrogens is 652 g/mol. The molecule has 230 valence electrons. The summed E-state index contributed by atoms with van der Waals surface area (Å²) in [5.74, 6) is 0.742. The van der Waals surface area contributed by atoms with Gasteiger partial charge in [0.05, 0.1) is 19.8 Å². The van der Waals surface area contributed by atoms with E-state index >= 15 is 4.39 Å². The van der Waals surface area contributed by atoms with Gasteiger partial charge in [-0.05, 0) is 104 Å². The SMILES string of the molecule is COc1cc(CCCC[C@@H](F)C2CCN([C@H](C(=O)O)c3cc(I)ccc3COC3CCOCC3)C2)nc2c1CCCN2. The van der Waals surface area contributed by atoms with Crippen molar-refractivity contribution in [3.05, 3.63) is 50.2 Å². The first-order valence-electron chi connectivity index (χ1n) is 15.3. The van der Waals surface area contributed by atoms with Crippen molar-refractivity contribution in [2.45, 2.75) is 82.7 Å². The van der Waals surface area contributed by atoms with E-state index in [9.17, 15) is 9.90 Å². The molecule has 0 aliphatic carbocycles. The zero-order valence-electron chi connectivity index (χ0n) is 24.5. The number of unbranched alkanes of at least 4 members (excludes halogenated alkanes) is 1. The third-order valence-corrected chi connectivity index (χ3v) is 9.50. The number of hydrogen-bond donors (Lipinski definition) is 2. The van der Waals surface area contributed by atoms with E-state index in [4.69, 9.17) is 19.2 Å². The summed E-state index contributed by atoms with van der Waals surface area (Å²) in [6.45, 7) is 3.69. The number of alkyl halides is 1. The van der Waals surface area contributed by atoms with Gasteiger partial charge < -0.3 is 24.6 Å². The molecule has 3 aliphatic rings. The number of carboxylic acids is 1. The molecule has 0 spiro atoms. The van der Waals surface area contributed by atoms with E-state index < -0.39 is 18.2 Å². The fourth-order valence-electron chi connectivity index (χ4n) is 6.48. The van der Waals surface area contributed by atoms with E-state index in [1.54, 1.807) is 7.11 Å². The number of rotatable bonds is 13. The lowest BCUT2D eigenvalue weighted by atomic mass is 9.96. The molecule has 0 bridgehead atoms. The number of likely N-dealkylation sites (tertiary alicyclic amines) is 1. The summed E-state index contributed by atoms with van der Waals surface area (Å²) in [7, 11) is 1.70. The summed E-state index contributed by atoms with van der Waals surface area (Å²) in [5.41, 5.74) is 3.75. The van der Waals surface area contributed by atoms with Crippen molar-refractivity contribution in [3.63, 3.8) is 0 Å². The van der Waals surface area contributed by atoms with Gasteiger partial charge in [-0.3, -0.25) is 9.69 Å². The number of carbonyl (C=O) groups is 1. The van der Waals surface area contributed by atoms with Crippen LogP contribution in [0.5, 0.6) is 5.75 Å². The average Bonchev–Trinajstić information content (AvgIpc) is 3.48. The Kier molecular flexibility index (Phi) is 11.3. The second-order valence-corrected chi connectivity index (χ2v) is 12.9. The Morgan fingerprint density at radius 2 is 2.10 bits per heavy atom. The minimum atomic E-state index is -0.954. The first-order valence-corrected chi connectivity index (χ1v) is 16.4. The first-order chi connectivity index (χ1) is 20.4. The van der Waals surface area contributed by atoms with E-state index in [1.807, 2.05) is 29.2 Å². The molecule has 1 aromatic carbocycles. The summed E-state index contributed by atoms with van der Waals surface area (Å²) in [6.07, 6.45) is 6.45. The summed E-state index contributed by atoms with van der Waals surface area (Å²) in [5, 5.41) is 13.7. The molecule has 2 aromatic rings. The largest absolute Gasteiger partial charge is 0.496 e. The lowest BCUT2D eigenvalue weighted by Gasteiger charge is -2.28. The van der Waals surface area contributed by atoms with Crippen molar-refractivity contribution in [2.24, 2.45) is 5.92 Å². The van der Waals surface area contributed by atoms with Gasteiger partial charge in [0.2, 0.25) is 0 Å². The van der Waals surface area contributed by atoms with Crippen LogP contribution in [0.15, 0.2) is 24.3 Å². The molecule has 8 nitrogen and oxygen atoms in total. The minimum Gasteiger partial charge on any atom is -0.496 e. The van der Waals surface area contributed by atoms with E-state index in [2.05, 4.69) is 27.9 Å². The molecule has 1 unspecified atom stereocenters. The Morgan fingerprint density at radius 3 is 2.88 bits per heavy atom. The average molecular weight is 696 g/mol. The van der Waals surface area contributed by atoms with Gasteiger partial charge in [-0.2, -0.15) is 0 Å². The Bertz CT molecular complexity index is 1190. The van der Waals surface area contributed by atoms with Crippen LogP contribution < -0.4 is 10.1 Å². The number of benzene rings is 1. The molecule has 2 fully saturated rings. The van der Waals surface area contributed by atoms with Gasteiger partial charge in [-0.25, -0.2) is 9.37 Å². The van der Waals surface area contributed by atoms with Crippen molar-refractivity contribution < 1.29 is 28.5 Å². The molecule has 2 N–H and O–H groups in total. The Hall–Kier alpha value is -2.02. The number of halogens is 2. The van der Waals surface area contributed by atoms with Crippen LogP contribution in [0.1, 0.15) is 73.4 Å². The summed E-state index contributed by atoms with van der Waals surface area (Å²) < 4.78 is 33.6. The maximum Gasteiger partial charge on any atom is 0.325 e. The quantitative estimate of drug-likeness (QED) is 0.197. The molecule has 1 aromatic heterocycles. The molecule has 5 rings (SSSR count). The third-order valence-electron chi connectivity index (χ3n) is 8.83. The van der Waals surface area contributed by atoms with Gasteiger partial charge in [0, 0.05) is 53.1 Å². The molecule has 0 radical (unpaired) electrons. The Balaban J connectivity index is 1.15. The number of carboxylic acid groups (broad SMARTS) is 1. The summed E-state index contributed by atoms with van der Waals surface area (Å²) in [6, 6.07) is 7.11. The number of nitrogens with zero attached hydrogens (tertiary/aromatic N) is 2. The zero-order valence-corrected chi connectivity index (χ0v) is 26.6. The van der Waals surface area contributed by atoms with Gasteiger partial charge in [-0.1, -0.05) is 12.5 Å². The van der Waals surface area contributed by atoms with Crippen molar-refractivity contribution in [1.29, 1.82) is 0 Å². The van der Waals surface area contributed by atoms with Crippen LogP contribution in [0.4, 0.5) is 10.2 Å². The fraction of sp³-hybridized carbons (Fsp3) is 0.625. The molecule has 4 heterocycles. The van der Waals surface area contributed by atoms with Crippen molar-refractivity contribution in [2.75, 3.05) is 45.3 Å². The first kappa shape index (κ1) is 31.4. The lowest BCUT2D eigenvalue weighted by Crippen LogP contribution is -2.34. The van der Waals surface area contributed by atoms with E-state index in [1.165, 1.54) is 0 Å². The highest BCUT2D eigenvalue weighted by Gasteiger charge is 2.37. The molecule has 3 atom stereocenters. The van der Waals surface area contributed by atoms with Crippen molar-refractivity contribution >= 4 is 34.4 Å². The van der Waals surface area contributed by atoms with Gasteiger partial charge in [-0.15, -0.1) is 0 Å². The van der Waals surface area contributed by atoms with Crippen LogP contribution in [-0.2, 0) is 33.7 Å². The highest BCUT2D eigenvalue weighted by molar-refractivity contribution is 14.1. The molecule has 0 amide bonds. The summed E-state index contributed by atoms with van der Waals surface area (Å²) >= 11 is 2.22. The molecule has 2 saturated heterocycles. The summed E-state index contributed by atoms with van der Waals surface area (Å²) in [4.78, 5) is 19.3. The molecule has 3 aliphatic heterocycles. The van der Waals surface area contributed by atoms with Crippen LogP contribution in [0.25, 0.3) is 0 Å². The Labute approximate surface area is 261 Å². The minimum absolute atomic E-state index is 0.124. The highest BCUT2D eigenvalue weighted by atomic mass is 127.